The lowest BCUT2D eigenvalue weighted by Gasteiger charge is -2.07. The number of alkyl halides is 3. The predicted molar refractivity (Wildman–Crippen MR) is 51.7 cm³/mol. The molecule has 1 aromatic carbocycles. The first-order valence-corrected chi connectivity index (χ1v) is 4.29. The summed E-state index contributed by atoms with van der Waals surface area (Å²) in [6.07, 6.45) is -4.37. The van der Waals surface area contributed by atoms with Crippen molar-refractivity contribution in [3.05, 3.63) is 35.4 Å². The normalized spacial score (nSPS) is 12.6. The quantitative estimate of drug-likeness (QED) is 0.412. The van der Waals surface area contributed by atoms with Crippen LogP contribution < -0.4 is 11.2 Å². The summed E-state index contributed by atoms with van der Waals surface area (Å²) in [6.45, 7) is -0.0384. The van der Waals surface area contributed by atoms with Crippen molar-refractivity contribution in [1.82, 2.24) is 5.48 Å². The van der Waals surface area contributed by atoms with Crippen molar-refractivity contribution in [2.24, 2.45) is 10.7 Å². The molecule has 0 radical (unpaired) electrons. The molecule has 7 heteroatoms. The third-order valence-electron chi connectivity index (χ3n) is 1.80. The zero-order valence-electron chi connectivity index (χ0n) is 8.12. The number of hydrogen-bond acceptors (Lipinski definition) is 2. The molecule has 1 rings (SSSR count). The topological polar surface area (TPSA) is 70.6 Å². The van der Waals surface area contributed by atoms with Gasteiger partial charge in [0.2, 0.25) is 5.96 Å². The number of hydroxylamine groups is 1. The van der Waals surface area contributed by atoms with E-state index in [1.54, 1.807) is 5.48 Å². The fourth-order valence-corrected chi connectivity index (χ4v) is 1.06. The summed E-state index contributed by atoms with van der Waals surface area (Å²) < 4.78 is 37.0. The maximum Gasteiger partial charge on any atom is 0.416 e. The van der Waals surface area contributed by atoms with Gasteiger partial charge in [-0.3, -0.25) is 5.21 Å². The van der Waals surface area contributed by atoms with Crippen LogP contribution in [0, 0.1) is 0 Å². The van der Waals surface area contributed by atoms with Crippen LogP contribution >= 0.6 is 0 Å². The molecule has 4 N–H and O–H groups in total. The zero-order chi connectivity index (χ0) is 12.2. The molecule has 16 heavy (non-hydrogen) atoms. The van der Waals surface area contributed by atoms with Gasteiger partial charge in [-0.05, 0) is 17.7 Å². The third-order valence-corrected chi connectivity index (χ3v) is 1.80. The van der Waals surface area contributed by atoms with Gasteiger partial charge in [-0.2, -0.15) is 13.2 Å². The van der Waals surface area contributed by atoms with Gasteiger partial charge in [0.25, 0.3) is 0 Å². The Morgan fingerprint density at radius 3 is 2.69 bits per heavy atom. The van der Waals surface area contributed by atoms with Gasteiger partial charge < -0.3 is 5.73 Å². The smallest absolute Gasteiger partial charge is 0.368 e. The van der Waals surface area contributed by atoms with E-state index in [0.717, 1.165) is 12.1 Å². The van der Waals surface area contributed by atoms with E-state index in [9.17, 15) is 13.2 Å². The molecule has 0 aliphatic carbocycles. The monoisotopic (exact) mass is 233 g/mol. The highest BCUT2D eigenvalue weighted by Crippen LogP contribution is 2.29. The second-order valence-electron chi connectivity index (χ2n) is 3.01. The predicted octanol–water partition coefficient (Wildman–Crippen LogP) is 1.50. The first-order chi connectivity index (χ1) is 7.43. The van der Waals surface area contributed by atoms with Gasteiger partial charge in [0.15, 0.2) is 0 Å². The minimum Gasteiger partial charge on any atom is -0.368 e. The van der Waals surface area contributed by atoms with Crippen molar-refractivity contribution in [2.75, 3.05) is 0 Å². The minimum atomic E-state index is -4.37. The number of halogens is 3. The number of benzene rings is 1. The molecule has 0 saturated carbocycles. The van der Waals surface area contributed by atoms with Crippen molar-refractivity contribution in [3.63, 3.8) is 0 Å². The maximum atomic E-state index is 12.3. The molecule has 0 saturated heterocycles. The van der Waals surface area contributed by atoms with Gasteiger partial charge in [-0.25, -0.2) is 10.5 Å². The van der Waals surface area contributed by atoms with Crippen LogP contribution in [0.5, 0.6) is 0 Å². The van der Waals surface area contributed by atoms with Crippen molar-refractivity contribution in [1.29, 1.82) is 0 Å². The summed E-state index contributed by atoms with van der Waals surface area (Å²) in [5, 5.41) is 8.31. The molecule has 4 nitrogen and oxygen atoms in total. The van der Waals surface area contributed by atoms with Crippen molar-refractivity contribution < 1.29 is 18.4 Å². The number of nitrogens with two attached hydrogens (primary N) is 1. The van der Waals surface area contributed by atoms with E-state index in [1.165, 1.54) is 12.1 Å². The van der Waals surface area contributed by atoms with Gasteiger partial charge in [0.05, 0.1) is 12.1 Å². The Kier molecular flexibility index (Phi) is 3.73. The van der Waals surface area contributed by atoms with Gasteiger partial charge in [0, 0.05) is 0 Å². The molecule has 0 aliphatic rings. The Morgan fingerprint density at radius 1 is 1.44 bits per heavy atom. The summed E-state index contributed by atoms with van der Waals surface area (Å²) in [7, 11) is 0. The largest absolute Gasteiger partial charge is 0.416 e. The summed E-state index contributed by atoms with van der Waals surface area (Å²) in [5.41, 5.74) is 6.31. The average molecular weight is 233 g/mol. The molecule has 0 amide bonds. The highest BCUT2D eigenvalue weighted by atomic mass is 19.4. The average Bonchev–Trinajstić information content (AvgIpc) is 2.25. The molecule has 88 valence electrons. The van der Waals surface area contributed by atoms with Crippen LogP contribution in [-0.2, 0) is 12.7 Å². The molecule has 0 spiro atoms. The molecule has 1 aromatic rings. The van der Waals surface area contributed by atoms with E-state index in [-0.39, 0.29) is 12.5 Å². The van der Waals surface area contributed by atoms with E-state index in [2.05, 4.69) is 4.99 Å². The lowest BCUT2D eigenvalue weighted by molar-refractivity contribution is -0.137. The molecule has 0 heterocycles. The van der Waals surface area contributed by atoms with E-state index >= 15 is 0 Å². The fourth-order valence-electron chi connectivity index (χ4n) is 1.06. The summed E-state index contributed by atoms with van der Waals surface area (Å²) in [4.78, 5) is 3.60. The highest BCUT2D eigenvalue weighted by molar-refractivity contribution is 5.76. The molecular weight excluding hydrogens is 223 g/mol. The first-order valence-electron chi connectivity index (χ1n) is 4.29. The molecular formula is C9H10F3N3O. The SMILES string of the molecule is NC(=NCc1cccc(C(F)(F)F)c1)NO. The number of nitrogens with zero attached hydrogens (tertiary/aromatic N) is 1. The Morgan fingerprint density at radius 2 is 2.12 bits per heavy atom. The second kappa shape index (κ2) is 4.84. The summed E-state index contributed by atoms with van der Waals surface area (Å²) >= 11 is 0. The van der Waals surface area contributed by atoms with Crippen LogP contribution in [0.1, 0.15) is 11.1 Å². The first kappa shape index (κ1) is 12.3. The molecule has 0 unspecified atom stereocenters. The number of aliphatic imine (C=N–C) groups is 1. The van der Waals surface area contributed by atoms with Crippen LogP contribution in [0.4, 0.5) is 13.2 Å². The van der Waals surface area contributed by atoms with Crippen LogP contribution in [0.25, 0.3) is 0 Å². The zero-order valence-corrected chi connectivity index (χ0v) is 8.12. The van der Waals surface area contributed by atoms with Crippen LogP contribution in [0.2, 0.25) is 0 Å². The van der Waals surface area contributed by atoms with Gasteiger partial charge in [0.1, 0.15) is 0 Å². The summed E-state index contributed by atoms with van der Waals surface area (Å²) in [6, 6.07) is 4.73. The molecule has 0 atom stereocenters. The summed E-state index contributed by atoms with van der Waals surface area (Å²) in [5.74, 6) is -0.252. The molecule has 0 fully saturated rings. The van der Waals surface area contributed by atoms with E-state index in [1.807, 2.05) is 0 Å². The second-order valence-corrected chi connectivity index (χ2v) is 3.01. The van der Waals surface area contributed by atoms with Crippen LogP contribution in [-0.4, -0.2) is 11.2 Å². The van der Waals surface area contributed by atoms with Crippen LogP contribution in [0.15, 0.2) is 29.3 Å². The van der Waals surface area contributed by atoms with Gasteiger partial charge in [-0.1, -0.05) is 12.1 Å². The van der Waals surface area contributed by atoms with E-state index in [0.29, 0.717) is 5.56 Å². The van der Waals surface area contributed by atoms with Crippen molar-refractivity contribution >= 4 is 5.96 Å². The fraction of sp³-hybridized carbons (Fsp3) is 0.222. The van der Waals surface area contributed by atoms with Crippen molar-refractivity contribution in [2.45, 2.75) is 12.7 Å². The van der Waals surface area contributed by atoms with Gasteiger partial charge >= 0.3 is 6.18 Å². The lowest BCUT2D eigenvalue weighted by atomic mass is 10.1. The lowest BCUT2D eigenvalue weighted by Crippen LogP contribution is -2.28. The highest BCUT2D eigenvalue weighted by Gasteiger charge is 2.30. The third kappa shape index (κ3) is 3.43. The molecule has 0 aliphatic heterocycles. The van der Waals surface area contributed by atoms with Crippen molar-refractivity contribution in [3.8, 4) is 0 Å². The van der Waals surface area contributed by atoms with E-state index in [4.69, 9.17) is 10.9 Å². The Hall–Kier alpha value is -1.76. The number of nitrogens with one attached hydrogen (secondary N) is 1. The minimum absolute atomic E-state index is 0.0384. The van der Waals surface area contributed by atoms with Gasteiger partial charge in [-0.15, -0.1) is 0 Å². The Labute approximate surface area is 89.6 Å². The molecule has 0 bridgehead atoms. The Bertz CT molecular complexity index is 390. The van der Waals surface area contributed by atoms with E-state index < -0.39 is 11.7 Å². The molecule has 0 aromatic heterocycles. The van der Waals surface area contributed by atoms with Crippen LogP contribution in [0.3, 0.4) is 0 Å². The Balaban J connectivity index is 2.84. The maximum absolute atomic E-state index is 12.3. The number of hydrogen-bond donors (Lipinski definition) is 3. The standard InChI is InChI=1S/C9H10F3N3O/c10-9(11,12)7-3-1-2-6(4-7)5-14-8(13)15-16/h1-4,16H,5H2,(H3,13,14,15). The number of guanidine groups is 1. The number of rotatable bonds is 2.